The van der Waals surface area contributed by atoms with Gasteiger partial charge in [0.15, 0.2) is 0 Å². The summed E-state index contributed by atoms with van der Waals surface area (Å²) in [5.41, 5.74) is 0.870. The zero-order chi connectivity index (χ0) is 13.2. The molecular formula is C11H13FN2O3S. The fourth-order valence-electron chi connectivity index (χ4n) is 2.11. The van der Waals surface area contributed by atoms with E-state index in [4.69, 9.17) is 0 Å². The molecule has 0 N–H and O–H groups in total. The van der Waals surface area contributed by atoms with Gasteiger partial charge in [-0.25, -0.2) is 0 Å². The van der Waals surface area contributed by atoms with Crippen molar-refractivity contribution in [1.82, 2.24) is 9.88 Å². The van der Waals surface area contributed by atoms with Gasteiger partial charge in [-0.1, -0.05) is 6.07 Å². The lowest BCUT2D eigenvalue weighted by molar-refractivity contribution is -0.128. The van der Waals surface area contributed by atoms with Crippen molar-refractivity contribution in [3.8, 4) is 0 Å². The summed E-state index contributed by atoms with van der Waals surface area (Å²) in [5, 5.41) is 0. The summed E-state index contributed by atoms with van der Waals surface area (Å²) in [6.07, 6.45) is 3.36. The lowest BCUT2D eigenvalue weighted by Crippen LogP contribution is -2.25. The van der Waals surface area contributed by atoms with E-state index < -0.39 is 21.9 Å². The molecular weight excluding hydrogens is 259 g/mol. The summed E-state index contributed by atoms with van der Waals surface area (Å²) < 4.78 is 33.7. The molecule has 1 amide bonds. The van der Waals surface area contributed by atoms with Gasteiger partial charge >= 0.3 is 10.2 Å². The molecule has 98 valence electrons. The average Bonchev–Trinajstić information content (AvgIpc) is 2.58. The summed E-state index contributed by atoms with van der Waals surface area (Å²) in [5.74, 6) is -1.18. The molecule has 1 aromatic heterocycles. The van der Waals surface area contributed by atoms with Crippen LogP contribution >= 0.6 is 0 Å². The Morgan fingerprint density at radius 2 is 2.28 bits per heavy atom. The standard InChI is InChI=1S/C11H13FN2O3S/c12-18(16,17)8-10-4-11(15)14(7-10)6-9-2-1-3-13-5-9/h1-3,5,10H,4,6-8H2. The second-order valence-electron chi connectivity index (χ2n) is 4.41. The van der Waals surface area contributed by atoms with E-state index >= 15 is 0 Å². The number of hydrogen-bond acceptors (Lipinski definition) is 4. The molecule has 1 unspecified atom stereocenters. The minimum absolute atomic E-state index is 0.0867. The Morgan fingerprint density at radius 3 is 2.89 bits per heavy atom. The number of aromatic nitrogens is 1. The first-order valence-corrected chi connectivity index (χ1v) is 7.08. The number of carbonyl (C=O) groups is 1. The zero-order valence-electron chi connectivity index (χ0n) is 9.62. The van der Waals surface area contributed by atoms with Gasteiger partial charge in [-0.2, -0.15) is 8.42 Å². The monoisotopic (exact) mass is 272 g/mol. The van der Waals surface area contributed by atoms with Crippen LogP contribution in [0.2, 0.25) is 0 Å². The molecule has 0 aliphatic carbocycles. The Hall–Kier alpha value is -1.50. The Kier molecular flexibility index (Phi) is 3.60. The van der Waals surface area contributed by atoms with Crippen LogP contribution < -0.4 is 0 Å². The predicted octanol–water partition coefficient (Wildman–Crippen LogP) is 0.729. The normalized spacial score (nSPS) is 20.4. The first-order valence-electron chi connectivity index (χ1n) is 5.53. The van der Waals surface area contributed by atoms with Crippen LogP contribution in [-0.2, 0) is 21.6 Å². The van der Waals surface area contributed by atoms with Gasteiger partial charge in [-0.3, -0.25) is 9.78 Å². The SMILES string of the molecule is O=C1CC(CS(=O)(=O)F)CN1Cc1cccnc1. The van der Waals surface area contributed by atoms with Crippen LogP contribution in [0.15, 0.2) is 24.5 Å². The third-order valence-corrected chi connectivity index (χ3v) is 3.70. The summed E-state index contributed by atoms with van der Waals surface area (Å²) in [7, 11) is -4.52. The molecule has 0 spiro atoms. The topological polar surface area (TPSA) is 67.3 Å². The highest BCUT2D eigenvalue weighted by molar-refractivity contribution is 7.86. The van der Waals surface area contributed by atoms with Crippen molar-refractivity contribution in [2.24, 2.45) is 5.92 Å². The van der Waals surface area contributed by atoms with E-state index in [2.05, 4.69) is 4.98 Å². The highest BCUT2D eigenvalue weighted by Crippen LogP contribution is 2.21. The van der Waals surface area contributed by atoms with Gasteiger partial charge in [0.25, 0.3) is 0 Å². The quantitative estimate of drug-likeness (QED) is 0.758. The van der Waals surface area contributed by atoms with Crippen LogP contribution in [0, 0.1) is 5.92 Å². The second-order valence-corrected chi connectivity index (χ2v) is 5.82. The fraction of sp³-hybridized carbons (Fsp3) is 0.455. The van der Waals surface area contributed by atoms with Gasteiger partial charge in [0.05, 0.1) is 5.75 Å². The van der Waals surface area contributed by atoms with Crippen molar-refractivity contribution in [3.63, 3.8) is 0 Å². The molecule has 2 rings (SSSR count). The third kappa shape index (κ3) is 3.49. The van der Waals surface area contributed by atoms with E-state index in [1.165, 1.54) is 4.90 Å². The molecule has 1 atom stereocenters. The average molecular weight is 272 g/mol. The molecule has 18 heavy (non-hydrogen) atoms. The van der Waals surface area contributed by atoms with Crippen molar-refractivity contribution < 1.29 is 17.1 Å². The Morgan fingerprint density at radius 1 is 1.50 bits per heavy atom. The maximum Gasteiger partial charge on any atom is 0.302 e. The zero-order valence-corrected chi connectivity index (χ0v) is 10.4. The molecule has 1 aromatic rings. The van der Waals surface area contributed by atoms with Crippen molar-refractivity contribution in [2.75, 3.05) is 12.3 Å². The molecule has 1 aliphatic heterocycles. The third-order valence-electron chi connectivity index (χ3n) is 2.83. The molecule has 1 aliphatic rings. The largest absolute Gasteiger partial charge is 0.338 e. The molecule has 7 heteroatoms. The molecule has 0 saturated carbocycles. The Labute approximate surface area is 105 Å². The van der Waals surface area contributed by atoms with Gasteiger partial charge in [0.1, 0.15) is 0 Å². The molecule has 0 bridgehead atoms. The van der Waals surface area contributed by atoms with Crippen LogP contribution in [0.3, 0.4) is 0 Å². The lowest BCUT2D eigenvalue weighted by Gasteiger charge is -2.15. The molecule has 0 aromatic carbocycles. The van der Waals surface area contributed by atoms with Crippen molar-refractivity contribution in [1.29, 1.82) is 0 Å². The number of nitrogens with zero attached hydrogens (tertiary/aromatic N) is 2. The number of rotatable bonds is 4. The molecule has 2 heterocycles. The van der Waals surface area contributed by atoms with E-state index in [0.717, 1.165) is 5.56 Å². The van der Waals surface area contributed by atoms with Gasteiger partial charge in [-0.05, 0) is 11.6 Å². The van der Waals surface area contributed by atoms with Gasteiger partial charge in [0, 0.05) is 37.8 Å². The summed E-state index contributed by atoms with van der Waals surface area (Å²) in [4.78, 5) is 17.1. The highest BCUT2D eigenvalue weighted by Gasteiger charge is 2.32. The number of halogens is 1. The van der Waals surface area contributed by atoms with E-state index in [0.29, 0.717) is 6.54 Å². The molecule has 0 radical (unpaired) electrons. The van der Waals surface area contributed by atoms with Gasteiger partial charge in [0.2, 0.25) is 5.91 Å². The van der Waals surface area contributed by atoms with E-state index in [1.807, 2.05) is 6.07 Å². The van der Waals surface area contributed by atoms with Crippen molar-refractivity contribution >= 4 is 16.1 Å². The van der Waals surface area contributed by atoms with Crippen LogP contribution in [0.5, 0.6) is 0 Å². The van der Waals surface area contributed by atoms with E-state index in [-0.39, 0.29) is 18.9 Å². The second kappa shape index (κ2) is 5.01. The van der Waals surface area contributed by atoms with Crippen molar-refractivity contribution in [3.05, 3.63) is 30.1 Å². The minimum Gasteiger partial charge on any atom is -0.338 e. The predicted molar refractivity (Wildman–Crippen MR) is 62.7 cm³/mol. The first-order chi connectivity index (χ1) is 8.44. The minimum atomic E-state index is -4.52. The maximum absolute atomic E-state index is 12.6. The number of hydrogen-bond donors (Lipinski definition) is 0. The number of likely N-dealkylation sites (tertiary alicyclic amines) is 1. The first kappa shape index (κ1) is 12.9. The van der Waals surface area contributed by atoms with Crippen LogP contribution in [0.25, 0.3) is 0 Å². The Balaban J connectivity index is 1.98. The van der Waals surface area contributed by atoms with E-state index in [1.54, 1.807) is 18.5 Å². The smallest absolute Gasteiger partial charge is 0.302 e. The van der Waals surface area contributed by atoms with Crippen LogP contribution in [0.1, 0.15) is 12.0 Å². The van der Waals surface area contributed by atoms with Crippen LogP contribution in [-0.4, -0.2) is 36.5 Å². The molecule has 5 nitrogen and oxygen atoms in total. The van der Waals surface area contributed by atoms with Gasteiger partial charge < -0.3 is 4.90 Å². The maximum atomic E-state index is 12.6. The Bertz CT molecular complexity index is 532. The summed E-state index contributed by atoms with van der Waals surface area (Å²) in [6.45, 7) is 0.659. The number of carbonyl (C=O) groups excluding carboxylic acids is 1. The van der Waals surface area contributed by atoms with Crippen molar-refractivity contribution in [2.45, 2.75) is 13.0 Å². The van der Waals surface area contributed by atoms with Crippen LogP contribution in [0.4, 0.5) is 3.89 Å². The fourth-order valence-corrected chi connectivity index (χ4v) is 2.90. The summed E-state index contributed by atoms with van der Waals surface area (Å²) in [6, 6.07) is 3.60. The number of amides is 1. The summed E-state index contributed by atoms with van der Waals surface area (Å²) >= 11 is 0. The number of pyridine rings is 1. The molecule has 1 saturated heterocycles. The molecule has 1 fully saturated rings. The van der Waals surface area contributed by atoms with E-state index in [9.17, 15) is 17.1 Å². The lowest BCUT2D eigenvalue weighted by atomic mass is 10.1. The van der Waals surface area contributed by atoms with Gasteiger partial charge in [-0.15, -0.1) is 3.89 Å². The highest BCUT2D eigenvalue weighted by atomic mass is 32.3.